The van der Waals surface area contributed by atoms with Gasteiger partial charge in [-0.25, -0.2) is 4.98 Å². The zero-order chi connectivity index (χ0) is 36.6. The molecule has 3 rings (SSSR count). The van der Waals surface area contributed by atoms with Crippen molar-refractivity contribution in [3.05, 3.63) is 48.0 Å². The molecule has 0 aliphatic heterocycles. The molecule has 0 unspecified atom stereocenters. The number of para-hydroxylation sites is 1. The number of rotatable bonds is 31. The van der Waals surface area contributed by atoms with Gasteiger partial charge >= 0.3 is 0 Å². The van der Waals surface area contributed by atoms with Crippen LogP contribution in [0.2, 0.25) is 0 Å². The van der Waals surface area contributed by atoms with Crippen molar-refractivity contribution in [3.63, 3.8) is 0 Å². The van der Waals surface area contributed by atoms with Gasteiger partial charge in [-0.1, -0.05) is 23.5 Å². The highest BCUT2D eigenvalue weighted by atomic mass is 32.1. The number of anilines is 1. The molecule has 1 heterocycles. The number of hydrogen-bond donors (Lipinski definition) is 1. The summed E-state index contributed by atoms with van der Waals surface area (Å²) in [4.78, 5) is 14.9. The number of nitrogens with zero attached hydrogens (tertiary/aromatic N) is 4. The Kier molecular flexibility index (Phi) is 26.6. The first-order chi connectivity index (χ1) is 25.2. The number of thiazole rings is 1. The summed E-state index contributed by atoms with van der Waals surface area (Å²) in [6, 6.07) is 14.3. The van der Waals surface area contributed by atoms with E-state index in [0.29, 0.717) is 111 Å². The lowest BCUT2D eigenvalue weighted by atomic mass is 10.2. The van der Waals surface area contributed by atoms with Gasteiger partial charge in [-0.15, -0.1) is 10.2 Å². The van der Waals surface area contributed by atoms with Crippen LogP contribution in [-0.2, 0) is 42.7 Å². The van der Waals surface area contributed by atoms with Crippen LogP contribution in [0.1, 0.15) is 18.9 Å². The third-order valence-electron chi connectivity index (χ3n) is 7.01. The number of carbonyl (C=O) groups is 1. The van der Waals surface area contributed by atoms with Crippen LogP contribution in [0.25, 0.3) is 10.2 Å². The van der Waals surface area contributed by atoms with E-state index in [2.05, 4.69) is 58.2 Å². The summed E-state index contributed by atoms with van der Waals surface area (Å²) in [5.74, 6) is 0. The van der Waals surface area contributed by atoms with Crippen LogP contribution < -0.4 is 4.90 Å². The summed E-state index contributed by atoms with van der Waals surface area (Å²) < 4.78 is 44.8. The molecule has 3 aromatic rings. The molecule has 0 saturated heterocycles. The molecule has 0 amide bonds. The first-order valence-corrected chi connectivity index (χ1v) is 18.2. The second kappa shape index (κ2) is 30.6. The van der Waals surface area contributed by atoms with Crippen molar-refractivity contribution >= 4 is 44.8 Å². The van der Waals surface area contributed by atoms with Crippen LogP contribution in [0.5, 0.6) is 0 Å². The van der Waals surface area contributed by atoms with Gasteiger partial charge in [0, 0.05) is 25.4 Å². The minimum absolute atomic E-state index is 0.0259. The fourth-order valence-electron chi connectivity index (χ4n) is 4.48. The van der Waals surface area contributed by atoms with Crippen molar-refractivity contribution in [1.29, 1.82) is 0 Å². The van der Waals surface area contributed by atoms with Crippen LogP contribution in [-0.4, -0.2) is 142 Å². The maximum atomic E-state index is 8.60. The average Bonchev–Trinajstić information content (AvgIpc) is 3.59. The molecule has 0 aliphatic carbocycles. The maximum Gasteiger partial charge on any atom is 0.231 e. The first kappa shape index (κ1) is 44.2. The zero-order valence-electron chi connectivity index (χ0n) is 30.2. The third kappa shape index (κ3) is 20.6. The highest BCUT2D eigenvalue weighted by Crippen LogP contribution is 2.31. The standard InChI is InChI=1S/C35H54N4O9S.CH2O/c1-3-39(32-10-8-31(9-11-32)37-38-35-36-34-30(2)6-4-7-33(34)49-35)12-5-14-41-16-18-43-20-22-45-24-26-47-28-29-48-27-25-46-23-21-44-19-17-42-15-13-40;1-2/h4,6-11,40H,3,5,12-29H2,1-2H3;1H2. The van der Waals surface area contributed by atoms with E-state index >= 15 is 0 Å². The number of fused-ring (bicyclic) bond motifs is 1. The van der Waals surface area contributed by atoms with Crippen molar-refractivity contribution in [1.82, 2.24) is 4.98 Å². The van der Waals surface area contributed by atoms with E-state index in [-0.39, 0.29) is 6.61 Å². The number of aromatic nitrogens is 1. The Bertz CT molecular complexity index is 1280. The summed E-state index contributed by atoms with van der Waals surface area (Å²) in [5, 5.41) is 18.0. The van der Waals surface area contributed by atoms with Crippen molar-refractivity contribution in [2.45, 2.75) is 20.3 Å². The van der Waals surface area contributed by atoms with Crippen molar-refractivity contribution in [2.75, 3.05) is 130 Å². The molecule has 0 atom stereocenters. The summed E-state index contributed by atoms with van der Waals surface area (Å²) in [5.41, 5.74) is 4.09. The van der Waals surface area contributed by atoms with Gasteiger partial charge in [0.15, 0.2) is 0 Å². The number of benzene rings is 2. The quantitative estimate of drug-likeness (QED) is 0.0685. The molecule has 14 nitrogen and oxygen atoms in total. The Hall–Kier alpha value is -2.96. The Labute approximate surface area is 306 Å². The molecule has 0 aliphatic rings. The number of aliphatic hydroxyl groups excluding tert-OH is 1. The minimum Gasteiger partial charge on any atom is -0.394 e. The van der Waals surface area contributed by atoms with E-state index < -0.39 is 0 Å². The number of aliphatic hydroxyl groups is 1. The van der Waals surface area contributed by atoms with E-state index in [9.17, 15) is 0 Å². The summed E-state index contributed by atoms with van der Waals surface area (Å²) >= 11 is 1.55. The van der Waals surface area contributed by atoms with Crippen molar-refractivity contribution in [3.8, 4) is 0 Å². The van der Waals surface area contributed by atoms with Crippen LogP contribution in [0.4, 0.5) is 16.5 Å². The van der Waals surface area contributed by atoms with Gasteiger partial charge in [0.2, 0.25) is 5.13 Å². The van der Waals surface area contributed by atoms with E-state index in [4.69, 9.17) is 47.8 Å². The lowest BCUT2D eigenvalue weighted by Crippen LogP contribution is -2.25. The normalized spacial score (nSPS) is 11.4. The maximum absolute atomic E-state index is 8.60. The zero-order valence-corrected chi connectivity index (χ0v) is 31.0. The Morgan fingerprint density at radius 3 is 1.59 bits per heavy atom. The second-order valence-electron chi connectivity index (χ2n) is 10.7. The van der Waals surface area contributed by atoms with Crippen LogP contribution in [0, 0.1) is 6.92 Å². The van der Waals surface area contributed by atoms with Gasteiger partial charge in [-0.2, -0.15) is 0 Å². The highest BCUT2D eigenvalue weighted by Gasteiger charge is 2.06. The predicted molar refractivity (Wildman–Crippen MR) is 198 cm³/mol. The summed E-state index contributed by atoms with van der Waals surface area (Å²) in [7, 11) is 0. The molecule has 0 bridgehead atoms. The highest BCUT2D eigenvalue weighted by molar-refractivity contribution is 7.21. The van der Waals surface area contributed by atoms with Crippen molar-refractivity contribution in [2.24, 2.45) is 10.2 Å². The molecule has 0 saturated carbocycles. The van der Waals surface area contributed by atoms with E-state index in [1.165, 1.54) is 0 Å². The van der Waals surface area contributed by atoms with Crippen LogP contribution in [0.15, 0.2) is 52.7 Å². The predicted octanol–water partition coefficient (Wildman–Crippen LogP) is 5.18. The fourth-order valence-corrected chi connectivity index (χ4v) is 5.35. The Balaban J connectivity index is 0.00000442. The largest absolute Gasteiger partial charge is 0.394 e. The third-order valence-corrected chi connectivity index (χ3v) is 7.92. The van der Waals surface area contributed by atoms with Crippen LogP contribution >= 0.6 is 11.3 Å². The molecule has 0 radical (unpaired) electrons. The van der Waals surface area contributed by atoms with E-state index in [1.807, 2.05) is 25.0 Å². The number of hydrogen-bond acceptors (Lipinski definition) is 15. The van der Waals surface area contributed by atoms with E-state index in [0.717, 1.165) is 46.7 Å². The molecule has 1 aromatic heterocycles. The number of ether oxygens (including phenoxy) is 8. The lowest BCUT2D eigenvalue weighted by Gasteiger charge is -2.23. The Morgan fingerprint density at radius 1 is 0.667 bits per heavy atom. The number of carbonyl (C=O) groups excluding carboxylic acids is 1. The van der Waals surface area contributed by atoms with Crippen LogP contribution in [0.3, 0.4) is 0 Å². The van der Waals surface area contributed by atoms with Gasteiger partial charge in [-0.05, 0) is 56.2 Å². The van der Waals surface area contributed by atoms with Gasteiger partial charge in [0.1, 0.15) is 6.79 Å². The van der Waals surface area contributed by atoms with Crippen molar-refractivity contribution < 1.29 is 47.8 Å². The second-order valence-corrected chi connectivity index (χ2v) is 11.7. The summed E-state index contributed by atoms with van der Waals surface area (Å²) in [6.45, 7) is 16.2. The number of aryl methyl sites for hydroxylation is 1. The molecule has 2 aromatic carbocycles. The smallest absolute Gasteiger partial charge is 0.231 e. The molecule has 0 fully saturated rings. The molecule has 15 heteroatoms. The molecule has 51 heavy (non-hydrogen) atoms. The van der Waals surface area contributed by atoms with Gasteiger partial charge in [0.05, 0.1) is 122 Å². The SMILES string of the molecule is C=O.CCN(CCCOCCOCCOCCOCCOCCOCCOCCOCCO)c1ccc(N=Nc2nc3c(C)cccc3s2)cc1. The minimum atomic E-state index is 0.0259. The average molecular weight is 737 g/mol. The molecular weight excluding hydrogens is 680 g/mol. The number of azo groups is 1. The van der Waals surface area contributed by atoms with E-state index in [1.54, 1.807) is 11.3 Å². The summed E-state index contributed by atoms with van der Waals surface area (Å²) in [6.07, 6.45) is 0.925. The monoisotopic (exact) mass is 736 g/mol. The van der Waals surface area contributed by atoms with Gasteiger partial charge in [0.25, 0.3) is 0 Å². The first-order valence-electron chi connectivity index (χ1n) is 17.4. The van der Waals surface area contributed by atoms with Gasteiger partial charge in [-0.3, -0.25) is 0 Å². The molecular formula is C36H56N4O10S. The molecule has 1 N–H and O–H groups in total. The fraction of sp³-hybridized carbons (Fsp3) is 0.611. The lowest BCUT2D eigenvalue weighted by molar-refractivity contribution is -0.0980. The molecule has 0 spiro atoms. The topological polar surface area (TPSA) is 152 Å². The van der Waals surface area contributed by atoms with Gasteiger partial charge < -0.3 is 52.7 Å². The Morgan fingerprint density at radius 2 is 1.14 bits per heavy atom. The molecule has 286 valence electrons.